The number of ether oxygens (including phenoxy) is 1. The molecule has 0 aliphatic rings. The number of rotatable bonds is 8. The molecule has 0 spiro atoms. The normalized spacial score (nSPS) is 11.1. The highest BCUT2D eigenvalue weighted by Crippen LogP contribution is 2.28. The summed E-state index contributed by atoms with van der Waals surface area (Å²) in [6.07, 6.45) is 2.73. The Kier molecular flexibility index (Phi) is 5.60. The van der Waals surface area contributed by atoms with Crippen LogP contribution in [-0.4, -0.2) is 33.5 Å². The van der Waals surface area contributed by atoms with Crippen molar-refractivity contribution >= 4 is 34.4 Å². The third kappa shape index (κ3) is 3.95. The topological polar surface area (TPSA) is 52.8 Å². The predicted octanol–water partition coefficient (Wildman–Crippen LogP) is 3.79. The van der Waals surface area contributed by atoms with Crippen molar-refractivity contribution in [2.75, 3.05) is 13.7 Å². The Morgan fingerprint density at radius 2 is 2.32 bits per heavy atom. The summed E-state index contributed by atoms with van der Waals surface area (Å²) in [5.74, 6) is 0.809. The summed E-state index contributed by atoms with van der Waals surface area (Å²) in [6.45, 7) is 1.62. The minimum atomic E-state index is 0.748. The molecule has 0 aliphatic heterocycles. The van der Waals surface area contributed by atoms with Crippen LogP contribution in [0.15, 0.2) is 33.7 Å². The van der Waals surface area contributed by atoms with Crippen LogP contribution >= 0.6 is 34.4 Å². The number of aryl methyl sites for hydroxylation is 1. The molecule has 3 rings (SSSR count). The highest BCUT2D eigenvalue weighted by molar-refractivity contribution is 7.98. The van der Waals surface area contributed by atoms with Crippen LogP contribution in [0.25, 0.3) is 10.6 Å². The molecule has 8 heteroatoms. The molecule has 0 unspecified atom stereocenters. The van der Waals surface area contributed by atoms with E-state index in [1.807, 2.05) is 0 Å². The van der Waals surface area contributed by atoms with E-state index < -0.39 is 0 Å². The van der Waals surface area contributed by atoms with E-state index in [2.05, 4.69) is 42.0 Å². The highest BCUT2D eigenvalue weighted by Gasteiger charge is 2.09. The molecule has 22 heavy (non-hydrogen) atoms. The maximum absolute atomic E-state index is 5.08. The van der Waals surface area contributed by atoms with Gasteiger partial charge in [-0.25, -0.2) is 4.98 Å². The maximum atomic E-state index is 5.08. The lowest BCUT2D eigenvalue weighted by atomic mass is 10.4. The Morgan fingerprint density at radius 3 is 3.14 bits per heavy atom. The second-order valence-corrected chi connectivity index (χ2v) is 7.18. The zero-order chi connectivity index (χ0) is 15.2. The average Bonchev–Trinajstić information content (AvgIpc) is 3.26. The first-order valence-electron chi connectivity index (χ1n) is 6.83. The largest absolute Gasteiger partial charge is 0.385 e. The quantitative estimate of drug-likeness (QED) is 0.456. The molecule has 0 fully saturated rings. The fourth-order valence-corrected chi connectivity index (χ4v) is 4.39. The van der Waals surface area contributed by atoms with E-state index in [9.17, 15) is 0 Å². The predicted molar refractivity (Wildman–Crippen MR) is 91.5 cm³/mol. The molecule has 0 radical (unpaired) electrons. The van der Waals surface area contributed by atoms with Gasteiger partial charge in [0.05, 0.1) is 5.69 Å². The molecule has 0 amide bonds. The molecule has 3 aromatic heterocycles. The number of hydrogen-bond acceptors (Lipinski definition) is 7. The average molecular weight is 353 g/mol. The number of thiophene rings is 1. The molecule has 0 N–H and O–H groups in total. The summed E-state index contributed by atoms with van der Waals surface area (Å²) < 4.78 is 7.14. The van der Waals surface area contributed by atoms with Crippen molar-refractivity contribution in [3.8, 4) is 10.6 Å². The zero-order valence-electron chi connectivity index (χ0n) is 12.1. The summed E-state index contributed by atoms with van der Waals surface area (Å²) in [7, 11) is 1.72. The van der Waals surface area contributed by atoms with Crippen molar-refractivity contribution in [2.24, 2.45) is 0 Å². The Bertz CT molecular complexity index is 693. The number of thioether (sulfide) groups is 1. The van der Waals surface area contributed by atoms with Gasteiger partial charge in [0.15, 0.2) is 5.16 Å². The van der Waals surface area contributed by atoms with Crippen molar-refractivity contribution < 1.29 is 4.74 Å². The number of aromatic nitrogens is 4. The van der Waals surface area contributed by atoms with Crippen LogP contribution in [0.3, 0.4) is 0 Å². The molecule has 116 valence electrons. The van der Waals surface area contributed by atoms with Crippen LogP contribution in [0.1, 0.15) is 12.1 Å². The van der Waals surface area contributed by atoms with Gasteiger partial charge in [0.1, 0.15) is 11.3 Å². The van der Waals surface area contributed by atoms with Gasteiger partial charge < -0.3 is 9.30 Å². The fraction of sp³-hybridized carbons (Fsp3) is 0.357. The summed E-state index contributed by atoms with van der Waals surface area (Å²) in [4.78, 5) is 4.68. The van der Waals surface area contributed by atoms with Crippen LogP contribution in [0.5, 0.6) is 0 Å². The Morgan fingerprint density at radius 1 is 1.36 bits per heavy atom. The van der Waals surface area contributed by atoms with E-state index in [-0.39, 0.29) is 0 Å². The second-order valence-electron chi connectivity index (χ2n) is 4.60. The van der Waals surface area contributed by atoms with E-state index >= 15 is 0 Å². The fourth-order valence-electron chi connectivity index (χ4n) is 1.92. The maximum Gasteiger partial charge on any atom is 0.191 e. The van der Waals surface area contributed by atoms with Crippen LogP contribution < -0.4 is 0 Å². The van der Waals surface area contributed by atoms with Crippen LogP contribution in [0, 0.1) is 0 Å². The number of methoxy groups -OCH3 is 1. The third-order valence-corrected chi connectivity index (χ3v) is 5.63. The molecule has 5 nitrogen and oxygen atoms in total. The number of thiazole rings is 1. The smallest absolute Gasteiger partial charge is 0.191 e. The molecule has 0 aliphatic carbocycles. The van der Waals surface area contributed by atoms with Gasteiger partial charge in [0.2, 0.25) is 0 Å². The SMILES string of the molecule is COCCCn1cnnc1SCc1csc(-c2ccsc2)n1. The van der Waals surface area contributed by atoms with E-state index in [1.54, 1.807) is 47.9 Å². The van der Waals surface area contributed by atoms with Gasteiger partial charge in [-0.15, -0.1) is 21.5 Å². The molecule has 0 aromatic carbocycles. The Hall–Kier alpha value is -1.22. The van der Waals surface area contributed by atoms with Crippen LogP contribution in [0.2, 0.25) is 0 Å². The van der Waals surface area contributed by atoms with Crippen molar-refractivity contribution in [3.05, 3.63) is 34.2 Å². The van der Waals surface area contributed by atoms with E-state index in [4.69, 9.17) is 4.74 Å². The number of hydrogen-bond donors (Lipinski definition) is 0. The molecule has 0 atom stereocenters. The van der Waals surface area contributed by atoms with E-state index in [1.165, 1.54) is 5.56 Å². The van der Waals surface area contributed by atoms with E-state index in [0.29, 0.717) is 0 Å². The standard InChI is InChI=1S/C14H16N4OS3/c1-19-5-2-4-18-10-15-17-14(18)22-9-12-8-21-13(16-12)11-3-6-20-7-11/h3,6-8,10H,2,4-5,9H2,1H3. The number of nitrogens with zero attached hydrogens (tertiary/aromatic N) is 4. The van der Waals surface area contributed by atoms with Gasteiger partial charge in [0, 0.05) is 42.3 Å². The van der Waals surface area contributed by atoms with Gasteiger partial charge in [-0.3, -0.25) is 0 Å². The summed E-state index contributed by atoms with van der Waals surface area (Å²) in [5.41, 5.74) is 2.29. The Labute approximate surface area is 141 Å². The first kappa shape index (κ1) is 15.7. The molecular formula is C14H16N4OS3. The minimum absolute atomic E-state index is 0.748. The lowest BCUT2D eigenvalue weighted by molar-refractivity contribution is 0.189. The summed E-state index contributed by atoms with van der Waals surface area (Å²) in [6, 6.07) is 2.10. The minimum Gasteiger partial charge on any atom is -0.385 e. The molecule has 0 saturated carbocycles. The van der Waals surface area contributed by atoms with Gasteiger partial charge in [-0.05, 0) is 17.9 Å². The zero-order valence-corrected chi connectivity index (χ0v) is 14.6. The monoisotopic (exact) mass is 352 g/mol. The van der Waals surface area contributed by atoms with Crippen molar-refractivity contribution in [2.45, 2.75) is 23.9 Å². The Balaban J connectivity index is 1.58. The lowest BCUT2D eigenvalue weighted by Crippen LogP contribution is -2.02. The van der Waals surface area contributed by atoms with Gasteiger partial charge >= 0.3 is 0 Å². The van der Waals surface area contributed by atoms with Crippen molar-refractivity contribution in [1.29, 1.82) is 0 Å². The van der Waals surface area contributed by atoms with Crippen molar-refractivity contribution in [1.82, 2.24) is 19.7 Å². The van der Waals surface area contributed by atoms with Crippen LogP contribution in [-0.2, 0) is 17.0 Å². The van der Waals surface area contributed by atoms with Crippen LogP contribution in [0.4, 0.5) is 0 Å². The molecule has 0 saturated heterocycles. The first-order valence-corrected chi connectivity index (χ1v) is 9.64. The third-order valence-electron chi connectivity index (χ3n) is 3.00. The lowest BCUT2D eigenvalue weighted by Gasteiger charge is -2.04. The molecular weight excluding hydrogens is 336 g/mol. The first-order chi connectivity index (χ1) is 10.9. The van der Waals surface area contributed by atoms with Crippen molar-refractivity contribution in [3.63, 3.8) is 0 Å². The highest BCUT2D eigenvalue weighted by atomic mass is 32.2. The van der Waals surface area contributed by atoms with E-state index in [0.717, 1.165) is 41.2 Å². The summed E-state index contributed by atoms with van der Waals surface area (Å²) >= 11 is 5.06. The molecule has 0 bridgehead atoms. The molecule has 3 aromatic rings. The second kappa shape index (κ2) is 7.87. The van der Waals surface area contributed by atoms with Gasteiger partial charge in [0.25, 0.3) is 0 Å². The van der Waals surface area contributed by atoms with Gasteiger partial charge in [-0.2, -0.15) is 11.3 Å². The van der Waals surface area contributed by atoms with Gasteiger partial charge in [-0.1, -0.05) is 11.8 Å². The summed E-state index contributed by atoms with van der Waals surface area (Å²) in [5, 5.41) is 16.5. The molecule has 3 heterocycles.